The number of carbonyl (C=O) groups excluding carboxylic acids is 1. The molecule has 0 aliphatic rings. The SMILES string of the molecule is COC(=O)CCNc1cc(N)c(C)cn1. The second-order valence-electron chi connectivity index (χ2n) is 3.18. The number of anilines is 2. The summed E-state index contributed by atoms with van der Waals surface area (Å²) in [6.45, 7) is 2.38. The zero-order valence-corrected chi connectivity index (χ0v) is 8.91. The Labute approximate surface area is 88.6 Å². The van der Waals surface area contributed by atoms with Crippen molar-refractivity contribution in [3.63, 3.8) is 0 Å². The fourth-order valence-electron chi connectivity index (χ4n) is 1.03. The Hall–Kier alpha value is -1.78. The summed E-state index contributed by atoms with van der Waals surface area (Å²) in [5, 5.41) is 2.99. The monoisotopic (exact) mass is 209 g/mol. The van der Waals surface area contributed by atoms with Gasteiger partial charge in [0, 0.05) is 24.5 Å². The van der Waals surface area contributed by atoms with Crippen LogP contribution in [-0.2, 0) is 9.53 Å². The first-order valence-electron chi connectivity index (χ1n) is 4.66. The number of methoxy groups -OCH3 is 1. The van der Waals surface area contributed by atoms with E-state index in [0.717, 1.165) is 5.56 Å². The van der Waals surface area contributed by atoms with Gasteiger partial charge in [0.15, 0.2) is 0 Å². The molecule has 1 rings (SSSR count). The molecule has 5 heteroatoms. The van der Waals surface area contributed by atoms with Crippen LogP contribution in [0.2, 0.25) is 0 Å². The van der Waals surface area contributed by atoms with Crippen molar-refractivity contribution in [2.24, 2.45) is 0 Å². The summed E-state index contributed by atoms with van der Waals surface area (Å²) >= 11 is 0. The van der Waals surface area contributed by atoms with E-state index in [2.05, 4.69) is 15.0 Å². The second-order valence-corrected chi connectivity index (χ2v) is 3.18. The zero-order valence-electron chi connectivity index (χ0n) is 8.91. The van der Waals surface area contributed by atoms with Crippen LogP contribution >= 0.6 is 0 Å². The van der Waals surface area contributed by atoms with Crippen LogP contribution in [0.1, 0.15) is 12.0 Å². The van der Waals surface area contributed by atoms with E-state index in [-0.39, 0.29) is 5.97 Å². The van der Waals surface area contributed by atoms with Gasteiger partial charge < -0.3 is 15.8 Å². The molecule has 0 saturated carbocycles. The first-order valence-corrected chi connectivity index (χ1v) is 4.66. The standard InChI is InChI=1S/C10H15N3O2/c1-7-6-13-9(5-8(7)11)12-4-3-10(14)15-2/h5-6H,3-4H2,1-2H3,(H3,11,12,13). The van der Waals surface area contributed by atoms with Crippen LogP contribution in [0, 0.1) is 6.92 Å². The summed E-state index contributed by atoms with van der Waals surface area (Å²) in [5.74, 6) is 0.421. The quantitative estimate of drug-likeness (QED) is 0.722. The Morgan fingerprint density at radius 2 is 2.40 bits per heavy atom. The van der Waals surface area contributed by atoms with Crippen molar-refractivity contribution >= 4 is 17.5 Å². The minimum absolute atomic E-state index is 0.248. The van der Waals surface area contributed by atoms with Gasteiger partial charge in [-0.05, 0) is 12.5 Å². The van der Waals surface area contributed by atoms with Crippen molar-refractivity contribution in [1.29, 1.82) is 0 Å². The predicted molar refractivity (Wildman–Crippen MR) is 58.5 cm³/mol. The molecule has 0 aliphatic heterocycles. The molecular formula is C10H15N3O2. The van der Waals surface area contributed by atoms with E-state index < -0.39 is 0 Å². The smallest absolute Gasteiger partial charge is 0.307 e. The minimum atomic E-state index is -0.248. The number of rotatable bonds is 4. The lowest BCUT2D eigenvalue weighted by atomic mass is 10.2. The molecule has 1 heterocycles. The normalized spacial score (nSPS) is 9.73. The molecule has 0 fully saturated rings. The maximum atomic E-state index is 10.8. The van der Waals surface area contributed by atoms with Gasteiger partial charge in [-0.1, -0.05) is 0 Å². The molecule has 1 aromatic rings. The number of hydrogen-bond donors (Lipinski definition) is 2. The number of ether oxygens (including phenoxy) is 1. The van der Waals surface area contributed by atoms with E-state index in [0.29, 0.717) is 24.5 Å². The van der Waals surface area contributed by atoms with Gasteiger partial charge in [-0.25, -0.2) is 4.98 Å². The number of hydrogen-bond acceptors (Lipinski definition) is 5. The maximum Gasteiger partial charge on any atom is 0.307 e. The van der Waals surface area contributed by atoms with Crippen LogP contribution in [0.25, 0.3) is 0 Å². The van der Waals surface area contributed by atoms with Crippen molar-refractivity contribution in [3.05, 3.63) is 17.8 Å². The Kier molecular flexibility index (Phi) is 3.91. The highest BCUT2D eigenvalue weighted by atomic mass is 16.5. The Morgan fingerprint density at radius 3 is 3.00 bits per heavy atom. The third kappa shape index (κ3) is 3.46. The number of aromatic nitrogens is 1. The molecule has 0 spiro atoms. The summed E-state index contributed by atoms with van der Waals surface area (Å²) in [7, 11) is 1.37. The molecule has 0 aliphatic carbocycles. The maximum absolute atomic E-state index is 10.8. The number of nitrogens with zero attached hydrogens (tertiary/aromatic N) is 1. The molecular weight excluding hydrogens is 194 g/mol. The molecule has 3 N–H and O–H groups in total. The van der Waals surface area contributed by atoms with Crippen molar-refractivity contribution in [1.82, 2.24) is 4.98 Å². The van der Waals surface area contributed by atoms with Gasteiger partial charge >= 0.3 is 5.97 Å². The van der Waals surface area contributed by atoms with Crippen LogP contribution in [-0.4, -0.2) is 24.6 Å². The number of nitrogen functional groups attached to an aromatic ring is 1. The number of esters is 1. The number of nitrogens with one attached hydrogen (secondary N) is 1. The highest BCUT2D eigenvalue weighted by Gasteiger charge is 2.01. The molecule has 0 amide bonds. The van der Waals surface area contributed by atoms with Crippen molar-refractivity contribution < 1.29 is 9.53 Å². The minimum Gasteiger partial charge on any atom is -0.469 e. The van der Waals surface area contributed by atoms with Crippen molar-refractivity contribution in [2.45, 2.75) is 13.3 Å². The average molecular weight is 209 g/mol. The van der Waals surface area contributed by atoms with Crippen LogP contribution in [0.4, 0.5) is 11.5 Å². The van der Waals surface area contributed by atoms with Gasteiger partial charge in [-0.3, -0.25) is 4.79 Å². The lowest BCUT2D eigenvalue weighted by Crippen LogP contribution is -2.10. The lowest BCUT2D eigenvalue weighted by Gasteiger charge is -2.06. The molecule has 0 radical (unpaired) electrons. The third-order valence-corrected chi connectivity index (χ3v) is 2.01. The zero-order chi connectivity index (χ0) is 11.3. The molecule has 1 aromatic heterocycles. The summed E-state index contributed by atoms with van der Waals surface area (Å²) < 4.78 is 4.51. The van der Waals surface area contributed by atoms with E-state index in [1.54, 1.807) is 12.3 Å². The Morgan fingerprint density at radius 1 is 1.67 bits per heavy atom. The third-order valence-electron chi connectivity index (χ3n) is 2.01. The largest absolute Gasteiger partial charge is 0.469 e. The molecule has 0 aromatic carbocycles. The van der Waals surface area contributed by atoms with Gasteiger partial charge in [0.05, 0.1) is 13.5 Å². The molecule has 0 unspecified atom stereocenters. The van der Waals surface area contributed by atoms with E-state index in [1.807, 2.05) is 6.92 Å². The van der Waals surface area contributed by atoms with Crippen LogP contribution < -0.4 is 11.1 Å². The summed E-state index contributed by atoms with van der Waals surface area (Å²) in [6.07, 6.45) is 2.00. The molecule has 5 nitrogen and oxygen atoms in total. The highest BCUT2D eigenvalue weighted by Crippen LogP contribution is 2.13. The van der Waals surface area contributed by atoms with Crippen LogP contribution in [0.3, 0.4) is 0 Å². The van der Waals surface area contributed by atoms with Gasteiger partial charge in [0.25, 0.3) is 0 Å². The van der Waals surface area contributed by atoms with Crippen LogP contribution in [0.5, 0.6) is 0 Å². The molecule has 0 atom stereocenters. The van der Waals surface area contributed by atoms with Crippen molar-refractivity contribution in [3.8, 4) is 0 Å². The fourth-order valence-corrected chi connectivity index (χ4v) is 1.03. The second kappa shape index (κ2) is 5.19. The van der Waals surface area contributed by atoms with E-state index in [1.165, 1.54) is 7.11 Å². The first kappa shape index (κ1) is 11.3. The number of carbonyl (C=O) groups is 1. The summed E-state index contributed by atoms with van der Waals surface area (Å²) in [6, 6.07) is 1.74. The molecule has 15 heavy (non-hydrogen) atoms. The van der Waals surface area contributed by atoms with E-state index >= 15 is 0 Å². The van der Waals surface area contributed by atoms with Crippen molar-refractivity contribution in [2.75, 3.05) is 24.7 Å². The highest BCUT2D eigenvalue weighted by molar-refractivity contribution is 5.69. The average Bonchev–Trinajstić information content (AvgIpc) is 2.23. The first-order chi connectivity index (χ1) is 7.13. The molecule has 82 valence electrons. The number of pyridine rings is 1. The van der Waals surface area contributed by atoms with Gasteiger partial charge in [-0.2, -0.15) is 0 Å². The van der Waals surface area contributed by atoms with Gasteiger partial charge in [0.2, 0.25) is 0 Å². The lowest BCUT2D eigenvalue weighted by molar-refractivity contribution is -0.140. The Bertz CT molecular complexity index is 353. The number of aryl methyl sites for hydroxylation is 1. The topological polar surface area (TPSA) is 77.2 Å². The van der Waals surface area contributed by atoms with E-state index in [4.69, 9.17) is 5.73 Å². The molecule has 0 saturated heterocycles. The Balaban J connectivity index is 2.44. The fraction of sp³-hybridized carbons (Fsp3) is 0.400. The van der Waals surface area contributed by atoms with Gasteiger partial charge in [0.1, 0.15) is 5.82 Å². The molecule has 0 bridgehead atoms. The summed E-state index contributed by atoms with van der Waals surface area (Å²) in [4.78, 5) is 14.9. The van der Waals surface area contributed by atoms with E-state index in [9.17, 15) is 4.79 Å². The van der Waals surface area contributed by atoms with Gasteiger partial charge in [-0.15, -0.1) is 0 Å². The predicted octanol–water partition coefficient (Wildman–Crippen LogP) is 0.947. The summed E-state index contributed by atoms with van der Waals surface area (Å²) in [5.41, 5.74) is 7.33. The number of nitrogens with two attached hydrogens (primary N) is 1. The van der Waals surface area contributed by atoms with Crippen LogP contribution in [0.15, 0.2) is 12.3 Å².